The predicted molar refractivity (Wildman–Crippen MR) is 132 cm³/mol. The predicted octanol–water partition coefficient (Wildman–Crippen LogP) is 5.36. The molecule has 0 aliphatic carbocycles. The molecular weight excluding hydrogens is 431 g/mol. The quantitative estimate of drug-likeness (QED) is 0.372. The van der Waals surface area contributed by atoms with Crippen LogP contribution in [0, 0.1) is 12.8 Å². The average molecular weight is 461 g/mol. The summed E-state index contributed by atoms with van der Waals surface area (Å²) >= 11 is 0. The van der Waals surface area contributed by atoms with Crippen LogP contribution in [0.25, 0.3) is 22.2 Å². The molecule has 5 nitrogen and oxygen atoms in total. The number of fused-ring (bicyclic) bond motifs is 1. The molecule has 34 heavy (non-hydrogen) atoms. The summed E-state index contributed by atoms with van der Waals surface area (Å²) in [5.74, 6) is 1.49. The Morgan fingerprint density at radius 3 is 2.35 bits per heavy atom. The van der Waals surface area contributed by atoms with E-state index >= 15 is 0 Å². The van der Waals surface area contributed by atoms with Crippen LogP contribution in [0.4, 0.5) is 4.39 Å². The summed E-state index contributed by atoms with van der Waals surface area (Å²) in [5.41, 5.74) is 5.32. The number of alkyl halides is 1. The van der Waals surface area contributed by atoms with Crippen molar-refractivity contribution < 1.29 is 19.3 Å². The molecule has 2 N–H and O–H groups in total. The van der Waals surface area contributed by atoms with E-state index in [4.69, 9.17) is 4.74 Å². The van der Waals surface area contributed by atoms with Crippen LogP contribution in [0.15, 0.2) is 66.7 Å². The molecule has 1 aliphatic heterocycles. The van der Waals surface area contributed by atoms with Crippen LogP contribution in [0.3, 0.4) is 0 Å². The van der Waals surface area contributed by atoms with Gasteiger partial charge >= 0.3 is 0 Å². The first kappa shape index (κ1) is 22.3. The molecule has 5 rings (SSSR count). The smallest absolute Gasteiger partial charge is 0.119 e. The molecule has 0 saturated carbocycles. The average Bonchev–Trinajstić information content (AvgIpc) is 3.07. The molecule has 0 bridgehead atoms. The summed E-state index contributed by atoms with van der Waals surface area (Å²) in [6.45, 7) is 5.54. The van der Waals surface area contributed by atoms with Crippen LogP contribution >= 0.6 is 0 Å². The lowest BCUT2D eigenvalue weighted by atomic mass is 10.0. The van der Waals surface area contributed by atoms with Crippen molar-refractivity contribution in [3.63, 3.8) is 0 Å². The van der Waals surface area contributed by atoms with Crippen molar-refractivity contribution in [2.45, 2.75) is 13.5 Å². The van der Waals surface area contributed by atoms with Crippen LogP contribution in [0.1, 0.15) is 11.1 Å². The molecule has 6 heteroatoms. The summed E-state index contributed by atoms with van der Waals surface area (Å²) in [6.07, 6.45) is 0. The molecule has 1 fully saturated rings. The number of likely N-dealkylation sites (tertiary alicyclic amines) is 1. The van der Waals surface area contributed by atoms with E-state index in [1.54, 1.807) is 24.3 Å². The first-order chi connectivity index (χ1) is 16.5. The van der Waals surface area contributed by atoms with E-state index in [1.807, 2.05) is 30.3 Å². The molecule has 1 saturated heterocycles. The van der Waals surface area contributed by atoms with Gasteiger partial charge in [0.1, 0.15) is 23.9 Å². The number of ether oxygens (including phenoxy) is 1. The number of phenolic OH excluding ortho intramolecular Hbond substituents is 2. The maximum Gasteiger partial charge on any atom is 0.119 e. The zero-order valence-electron chi connectivity index (χ0n) is 19.2. The Kier molecular flexibility index (Phi) is 6.16. The number of phenols is 2. The Morgan fingerprint density at radius 1 is 0.941 bits per heavy atom. The molecule has 0 atom stereocenters. The number of hydrogen-bond donors (Lipinski definition) is 2. The second-order valence-corrected chi connectivity index (χ2v) is 9.08. The third-order valence-corrected chi connectivity index (χ3v) is 6.63. The molecule has 2 heterocycles. The number of benzene rings is 3. The van der Waals surface area contributed by atoms with E-state index in [9.17, 15) is 14.6 Å². The highest BCUT2D eigenvalue weighted by Gasteiger charge is 2.25. The Morgan fingerprint density at radius 2 is 1.65 bits per heavy atom. The standard InChI is InChI=1S/C28H29FN2O3/c1-19-26-14-24(33)8-11-27(26)31(28(19)22-4-6-23(32)7-5-22)18-20-2-9-25(10-3-20)34-13-12-30-16-21(15-29)17-30/h2-11,14,21,32-33H,12-13,15-18H2,1H3. The summed E-state index contributed by atoms with van der Waals surface area (Å²) in [5, 5.41) is 20.8. The van der Waals surface area contributed by atoms with E-state index in [0.29, 0.717) is 13.2 Å². The van der Waals surface area contributed by atoms with Gasteiger partial charge in [-0.2, -0.15) is 0 Å². The molecule has 0 radical (unpaired) electrons. The zero-order chi connectivity index (χ0) is 23.7. The van der Waals surface area contributed by atoms with E-state index < -0.39 is 0 Å². The molecular formula is C28H29FN2O3. The van der Waals surface area contributed by atoms with Gasteiger partial charge in [0, 0.05) is 43.0 Å². The van der Waals surface area contributed by atoms with Crippen molar-refractivity contribution in [3.8, 4) is 28.5 Å². The number of nitrogens with zero attached hydrogens (tertiary/aromatic N) is 2. The lowest BCUT2D eigenvalue weighted by Crippen LogP contribution is -2.49. The van der Waals surface area contributed by atoms with Crippen LogP contribution in [0.2, 0.25) is 0 Å². The monoisotopic (exact) mass is 460 g/mol. The second-order valence-electron chi connectivity index (χ2n) is 9.08. The Bertz CT molecular complexity index is 1280. The van der Waals surface area contributed by atoms with Crippen LogP contribution in [0.5, 0.6) is 17.2 Å². The largest absolute Gasteiger partial charge is 0.508 e. The van der Waals surface area contributed by atoms with Gasteiger partial charge < -0.3 is 19.5 Å². The van der Waals surface area contributed by atoms with Crippen LogP contribution < -0.4 is 4.74 Å². The van der Waals surface area contributed by atoms with Crippen LogP contribution in [-0.4, -0.2) is 52.6 Å². The van der Waals surface area contributed by atoms with Crippen molar-refractivity contribution in [3.05, 3.63) is 77.9 Å². The molecule has 3 aromatic carbocycles. The number of rotatable bonds is 8. The fraction of sp³-hybridized carbons (Fsp3) is 0.286. The topological polar surface area (TPSA) is 57.9 Å². The van der Waals surface area contributed by atoms with Crippen molar-refractivity contribution in [2.24, 2.45) is 5.92 Å². The zero-order valence-corrected chi connectivity index (χ0v) is 19.2. The maximum atomic E-state index is 12.6. The molecule has 4 aromatic rings. The Hall–Kier alpha value is -3.51. The van der Waals surface area contributed by atoms with Crippen molar-refractivity contribution in [1.82, 2.24) is 9.47 Å². The molecule has 176 valence electrons. The molecule has 1 aromatic heterocycles. The summed E-state index contributed by atoms with van der Waals surface area (Å²) in [7, 11) is 0. The molecule has 1 aliphatic rings. The number of halogens is 1. The lowest BCUT2D eigenvalue weighted by molar-refractivity contribution is 0.0668. The molecule has 0 amide bonds. The fourth-order valence-electron chi connectivity index (χ4n) is 4.79. The highest BCUT2D eigenvalue weighted by molar-refractivity contribution is 5.92. The number of aryl methyl sites for hydroxylation is 1. The van der Waals surface area contributed by atoms with Gasteiger partial charge in [0.05, 0.1) is 12.4 Å². The van der Waals surface area contributed by atoms with Gasteiger partial charge in [0.25, 0.3) is 0 Å². The third kappa shape index (κ3) is 4.46. The highest BCUT2D eigenvalue weighted by atomic mass is 19.1. The highest BCUT2D eigenvalue weighted by Crippen LogP contribution is 2.36. The summed E-state index contributed by atoms with van der Waals surface area (Å²) in [4.78, 5) is 2.21. The van der Waals surface area contributed by atoms with E-state index in [2.05, 4.69) is 28.5 Å². The molecule has 0 unspecified atom stereocenters. The van der Waals surface area contributed by atoms with Gasteiger partial charge in [-0.15, -0.1) is 0 Å². The van der Waals surface area contributed by atoms with Crippen molar-refractivity contribution in [1.29, 1.82) is 0 Å². The SMILES string of the molecule is Cc1c(-c2ccc(O)cc2)n(Cc2ccc(OCCN3CC(CF)C3)cc2)c2ccc(O)cc12. The maximum absolute atomic E-state index is 12.6. The molecule has 0 spiro atoms. The minimum Gasteiger partial charge on any atom is -0.508 e. The van der Waals surface area contributed by atoms with E-state index in [0.717, 1.165) is 58.7 Å². The van der Waals surface area contributed by atoms with Crippen LogP contribution in [-0.2, 0) is 6.54 Å². The number of aromatic hydroxyl groups is 2. The van der Waals surface area contributed by atoms with E-state index in [1.165, 1.54) is 0 Å². The second kappa shape index (κ2) is 9.39. The van der Waals surface area contributed by atoms with Gasteiger partial charge in [-0.1, -0.05) is 12.1 Å². The van der Waals surface area contributed by atoms with Gasteiger partial charge in [-0.3, -0.25) is 9.29 Å². The Balaban J connectivity index is 1.36. The van der Waals surface area contributed by atoms with Gasteiger partial charge in [-0.25, -0.2) is 0 Å². The summed E-state index contributed by atoms with van der Waals surface area (Å²) < 4.78 is 20.7. The third-order valence-electron chi connectivity index (χ3n) is 6.63. The van der Waals surface area contributed by atoms with Crippen molar-refractivity contribution in [2.75, 3.05) is 32.9 Å². The lowest BCUT2D eigenvalue weighted by Gasteiger charge is -2.37. The van der Waals surface area contributed by atoms with E-state index in [-0.39, 0.29) is 24.1 Å². The minimum absolute atomic E-state index is 0.197. The summed E-state index contributed by atoms with van der Waals surface area (Å²) in [6, 6.07) is 20.8. The van der Waals surface area contributed by atoms with Gasteiger partial charge in [0.15, 0.2) is 0 Å². The van der Waals surface area contributed by atoms with Gasteiger partial charge in [0.2, 0.25) is 0 Å². The normalized spacial score (nSPS) is 14.4. The van der Waals surface area contributed by atoms with Crippen molar-refractivity contribution >= 4 is 10.9 Å². The Labute approximate surface area is 198 Å². The first-order valence-electron chi connectivity index (χ1n) is 11.6. The van der Waals surface area contributed by atoms with Gasteiger partial charge in [-0.05, 0) is 78.2 Å². The number of hydrogen-bond acceptors (Lipinski definition) is 4. The minimum atomic E-state index is -0.232. The first-order valence-corrected chi connectivity index (χ1v) is 11.6. The fourth-order valence-corrected chi connectivity index (χ4v) is 4.79. The number of aromatic nitrogens is 1.